The maximum atomic E-state index is 13.1. The first-order chi connectivity index (χ1) is 16.9. The minimum atomic E-state index is -4.70. The Morgan fingerprint density at radius 2 is 1.83 bits per heavy atom. The number of piperidine rings is 1. The van der Waals surface area contributed by atoms with Gasteiger partial charge in [0.25, 0.3) is 5.91 Å². The van der Waals surface area contributed by atoms with Crippen molar-refractivity contribution >= 4 is 11.8 Å². The molecule has 3 aliphatic carbocycles. The molecule has 3 N–H and O–H groups in total. The van der Waals surface area contributed by atoms with Crippen molar-refractivity contribution in [3.05, 3.63) is 18.2 Å². The number of rotatable bonds is 7. The summed E-state index contributed by atoms with van der Waals surface area (Å²) in [6.07, 6.45) is -7.75. The molecule has 2 amide bonds. The first-order valence-corrected chi connectivity index (χ1v) is 11.5. The normalized spacial score (nSPS) is 31.9. The summed E-state index contributed by atoms with van der Waals surface area (Å²) in [5.41, 5.74) is -0.618. The summed E-state index contributed by atoms with van der Waals surface area (Å²) in [6.45, 7) is -0.379. The quantitative estimate of drug-likeness (QED) is 0.473. The van der Waals surface area contributed by atoms with Gasteiger partial charge in [-0.15, -0.1) is 22.0 Å². The van der Waals surface area contributed by atoms with Crippen LogP contribution in [0.3, 0.4) is 0 Å². The fraction of sp³-hybridized carbons (Fsp3) is 0.636. The Labute approximate surface area is 202 Å². The van der Waals surface area contributed by atoms with Gasteiger partial charge in [-0.2, -0.15) is 0 Å². The number of alkyl halides is 5. The molecule has 3 unspecified atom stereocenters. The minimum absolute atomic E-state index is 0.0233. The van der Waals surface area contributed by atoms with Gasteiger partial charge in [0.1, 0.15) is 5.75 Å². The van der Waals surface area contributed by atoms with Gasteiger partial charge in [0.05, 0.1) is 17.7 Å². The molecule has 5 aliphatic rings. The molecule has 0 aromatic heterocycles. The predicted octanol–water partition coefficient (Wildman–Crippen LogP) is 2.40. The smallest absolute Gasteiger partial charge is 0.484 e. The fourth-order valence-electron chi connectivity index (χ4n) is 5.40. The van der Waals surface area contributed by atoms with E-state index in [1.54, 1.807) is 0 Å². The second kappa shape index (κ2) is 8.91. The van der Waals surface area contributed by atoms with Gasteiger partial charge in [-0.3, -0.25) is 19.6 Å². The second-order valence-corrected chi connectivity index (χ2v) is 9.59. The Morgan fingerprint density at radius 1 is 1.08 bits per heavy atom. The van der Waals surface area contributed by atoms with E-state index in [4.69, 9.17) is 4.74 Å². The van der Waals surface area contributed by atoms with E-state index in [1.807, 2.05) is 0 Å². The van der Waals surface area contributed by atoms with Gasteiger partial charge in [-0.25, -0.2) is 0 Å². The number of carbonyl (C=O) groups excluding carboxylic acids is 2. The predicted molar refractivity (Wildman–Crippen MR) is 110 cm³/mol. The highest BCUT2D eigenvalue weighted by Crippen LogP contribution is 2.59. The van der Waals surface area contributed by atoms with Crippen LogP contribution in [0.15, 0.2) is 18.2 Å². The summed E-state index contributed by atoms with van der Waals surface area (Å²) in [7, 11) is 0. The third-order valence-electron chi connectivity index (χ3n) is 7.03. The van der Waals surface area contributed by atoms with Crippen LogP contribution in [0, 0.1) is 11.3 Å². The number of benzene rings is 1. The van der Waals surface area contributed by atoms with Crippen LogP contribution >= 0.6 is 0 Å². The topological polar surface area (TPSA) is 107 Å². The zero-order valence-corrected chi connectivity index (χ0v) is 18.8. The number of hydrogen-bond donors (Lipinski definition) is 3. The van der Waals surface area contributed by atoms with Crippen molar-refractivity contribution in [3.63, 3.8) is 0 Å². The van der Waals surface area contributed by atoms with Crippen LogP contribution in [0.5, 0.6) is 17.2 Å². The first-order valence-electron chi connectivity index (χ1n) is 11.5. The third kappa shape index (κ3) is 5.28. The van der Waals surface area contributed by atoms with E-state index < -0.39 is 36.2 Å². The summed E-state index contributed by atoms with van der Waals surface area (Å²) in [5.74, 6) is -0.648. The van der Waals surface area contributed by atoms with Crippen molar-refractivity contribution < 1.29 is 50.5 Å². The van der Waals surface area contributed by atoms with E-state index in [0.29, 0.717) is 25.7 Å². The number of ether oxygens (including phenoxy) is 4. The average Bonchev–Trinajstić information content (AvgIpc) is 3.39. The highest BCUT2D eigenvalue weighted by molar-refractivity contribution is 5.85. The molecule has 2 heterocycles. The highest BCUT2D eigenvalue weighted by Gasteiger charge is 2.60. The molecule has 2 aliphatic heterocycles. The Balaban J connectivity index is 1.05. The van der Waals surface area contributed by atoms with Crippen molar-refractivity contribution in [2.45, 2.75) is 63.1 Å². The molecule has 14 heteroatoms. The van der Waals surface area contributed by atoms with Gasteiger partial charge in [0.15, 0.2) is 18.1 Å². The van der Waals surface area contributed by atoms with Gasteiger partial charge in [0, 0.05) is 18.7 Å². The number of carbonyl (C=O) groups is 2. The Bertz CT molecular complexity index is 1020. The average molecular weight is 521 g/mol. The lowest BCUT2D eigenvalue weighted by molar-refractivity contribution is -0.344. The number of amides is 2. The molecule has 4 fully saturated rings. The van der Waals surface area contributed by atoms with Gasteiger partial charge in [0.2, 0.25) is 5.91 Å². The van der Waals surface area contributed by atoms with Crippen LogP contribution in [-0.4, -0.2) is 55.9 Å². The van der Waals surface area contributed by atoms with E-state index in [-0.39, 0.29) is 54.7 Å². The minimum Gasteiger partial charge on any atom is -0.484 e. The van der Waals surface area contributed by atoms with Crippen LogP contribution in [-0.2, 0) is 14.3 Å². The van der Waals surface area contributed by atoms with Crippen molar-refractivity contribution in [2.75, 3.05) is 13.2 Å². The molecule has 3 atom stereocenters. The fourth-order valence-corrected chi connectivity index (χ4v) is 5.40. The maximum Gasteiger partial charge on any atom is 0.586 e. The summed E-state index contributed by atoms with van der Waals surface area (Å²) < 4.78 is 81.3. The maximum absolute atomic E-state index is 13.1. The number of halogens is 5. The molecule has 198 valence electrons. The van der Waals surface area contributed by atoms with Crippen LogP contribution in [0.4, 0.5) is 22.0 Å². The summed E-state index contributed by atoms with van der Waals surface area (Å²) in [5, 5.41) is 8.60. The van der Waals surface area contributed by atoms with Crippen LogP contribution in [0.2, 0.25) is 0 Å². The van der Waals surface area contributed by atoms with E-state index in [1.165, 1.54) is 18.2 Å². The zero-order chi connectivity index (χ0) is 25.7. The van der Waals surface area contributed by atoms with Gasteiger partial charge >= 0.3 is 12.7 Å². The number of nitrogens with one attached hydrogen (secondary N) is 3. The lowest BCUT2D eigenvalue weighted by Gasteiger charge is -2.39. The monoisotopic (exact) mass is 521 g/mol. The van der Waals surface area contributed by atoms with Crippen molar-refractivity contribution in [1.82, 2.24) is 16.0 Å². The van der Waals surface area contributed by atoms with Crippen molar-refractivity contribution in [3.8, 4) is 17.2 Å². The van der Waals surface area contributed by atoms with E-state index in [9.17, 15) is 31.5 Å². The van der Waals surface area contributed by atoms with Crippen molar-refractivity contribution in [1.29, 1.82) is 0 Å². The molecule has 1 aromatic carbocycles. The van der Waals surface area contributed by atoms with Gasteiger partial charge < -0.3 is 24.8 Å². The van der Waals surface area contributed by atoms with E-state index in [2.05, 4.69) is 30.2 Å². The zero-order valence-electron chi connectivity index (χ0n) is 18.8. The first kappa shape index (κ1) is 24.8. The Hall–Kier alpha value is -2.87. The van der Waals surface area contributed by atoms with E-state index >= 15 is 0 Å². The molecule has 0 spiro atoms. The number of fused-ring (bicyclic) bond motifs is 2. The standard InChI is InChI=1S/C22H24F5N3O6/c23-21(24,25)34-13-2-4-17(28-9-13)30-19(32)20-6-11(7-20)14(8-20)29-18(31)10-33-12-1-3-15-16(5-12)36-22(26,27)35-15/h1,3,5,11,13-14,17,28H,2,4,6-10H2,(H,29,31)(H,30,32). The third-order valence-corrected chi connectivity index (χ3v) is 7.03. The SMILES string of the molecule is O=C(COc1ccc2c(c1)OC(F)(F)O2)NC1CC2(C(=O)NC3CCC(OC(F)(F)F)CN3)CC1C2. The Kier molecular flexibility index (Phi) is 6.14. The molecule has 36 heavy (non-hydrogen) atoms. The molecule has 1 aromatic rings. The molecule has 6 rings (SSSR count). The van der Waals surface area contributed by atoms with E-state index in [0.717, 1.165) is 0 Å². The lowest BCUT2D eigenvalue weighted by atomic mass is 9.69. The van der Waals surface area contributed by atoms with Gasteiger partial charge in [-0.05, 0) is 50.2 Å². The van der Waals surface area contributed by atoms with Crippen molar-refractivity contribution in [2.24, 2.45) is 11.3 Å². The number of hydrogen-bond acceptors (Lipinski definition) is 7. The molecular formula is C22H24F5N3O6. The molecule has 3 saturated carbocycles. The lowest BCUT2D eigenvalue weighted by Crippen LogP contribution is -2.56. The summed E-state index contributed by atoms with van der Waals surface area (Å²) in [6, 6.07) is 3.61. The molecule has 1 saturated heterocycles. The summed E-state index contributed by atoms with van der Waals surface area (Å²) >= 11 is 0. The summed E-state index contributed by atoms with van der Waals surface area (Å²) in [4.78, 5) is 25.3. The van der Waals surface area contributed by atoms with Gasteiger partial charge in [-0.1, -0.05) is 0 Å². The largest absolute Gasteiger partial charge is 0.586 e. The Morgan fingerprint density at radius 3 is 2.53 bits per heavy atom. The molecule has 0 radical (unpaired) electrons. The molecular weight excluding hydrogens is 497 g/mol. The molecule has 2 bridgehead atoms. The second-order valence-electron chi connectivity index (χ2n) is 9.59. The van der Waals surface area contributed by atoms with Crippen LogP contribution in [0.1, 0.15) is 32.1 Å². The van der Waals surface area contributed by atoms with Crippen LogP contribution < -0.4 is 30.2 Å². The molecule has 9 nitrogen and oxygen atoms in total. The highest BCUT2D eigenvalue weighted by atomic mass is 19.4. The van der Waals surface area contributed by atoms with Crippen LogP contribution in [0.25, 0.3) is 0 Å².